The van der Waals surface area contributed by atoms with Gasteiger partial charge >= 0.3 is 0 Å². The Morgan fingerprint density at radius 1 is 0.429 bits per heavy atom. The van der Waals surface area contributed by atoms with E-state index >= 15 is 0 Å². The van der Waals surface area contributed by atoms with Crippen LogP contribution in [0.1, 0.15) is 0 Å². The molecule has 1 aromatic rings. The first-order valence-electron chi connectivity index (χ1n) is 2.00. The average molecular weight is 93.1 g/mol. The molecule has 1 aromatic carbocycles. The smallest absolute Gasteiger partial charge is 0.0623 e. The number of nitrogens with one attached hydrogen (secondary N) is 1. The molecule has 1 rings (SSSR count). The summed E-state index contributed by atoms with van der Waals surface area (Å²) in [5, 5.41) is 0. The molecule has 1 nitrogen and oxygen atoms in total. The van der Waals surface area contributed by atoms with Crippen LogP contribution < -0.4 is 6.15 Å². The number of hydrogen-bond acceptors (Lipinski definition) is 0. The summed E-state index contributed by atoms with van der Waals surface area (Å²) in [6.07, 6.45) is 0. The van der Waals surface area contributed by atoms with Gasteiger partial charge in [-0.3, -0.25) is 0 Å². The molecule has 0 unspecified atom stereocenters. The quantitative estimate of drug-likeness (QED) is 0.464. The monoisotopic (exact) mass is 93.1 g/mol. The van der Waals surface area contributed by atoms with Crippen molar-refractivity contribution in [1.82, 2.24) is 6.15 Å². The highest BCUT2D eigenvalue weighted by Crippen LogP contribution is 1.79. The van der Waals surface area contributed by atoms with Gasteiger partial charge in [0.2, 0.25) is 0 Å². The van der Waals surface area contributed by atoms with Crippen molar-refractivity contribution in [2.24, 2.45) is 0 Å². The van der Waals surface area contributed by atoms with Gasteiger partial charge in [0.15, 0.2) is 0 Å². The largest absolute Gasteiger partial charge is 0.164 e. The molecule has 1 N–H and O–H groups in total. The lowest BCUT2D eigenvalue weighted by molar-refractivity contribution is 1.72. The van der Waals surface area contributed by atoms with Gasteiger partial charge in [0, 0.05) is 0 Å². The van der Waals surface area contributed by atoms with E-state index in [4.69, 9.17) is 0 Å². The van der Waals surface area contributed by atoms with E-state index < -0.39 is 0 Å². The van der Waals surface area contributed by atoms with E-state index in [9.17, 15) is 0 Å². The second-order valence-electron chi connectivity index (χ2n) is 1.15. The lowest BCUT2D eigenvalue weighted by Gasteiger charge is -1.69. The Hall–Kier alpha value is -0.820. The van der Waals surface area contributed by atoms with Gasteiger partial charge in [0.1, 0.15) is 0 Å². The molecular formula is C6H7N. The van der Waals surface area contributed by atoms with Gasteiger partial charge < -0.3 is 0 Å². The average Bonchev–Trinajstić information content (AvgIpc) is 1.72. The van der Waals surface area contributed by atoms with Crippen molar-refractivity contribution in [3.63, 3.8) is 0 Å². The van der Waals surface area contributed by atoms with Gasteiger partial charge in [0.05, 0.1) is 0 Å². The van der Waals surface area contributed by atoms with E-state index in [-0.39, 0.29) is 6.15 Å². The third-order valence-electron chi connectivity index (χ3n) is 0.667. The molecule has 0 amide bonds. The zero-order chi connectivity index (χ0) is 4.24. The summed E-state index contributed by atoms with van der Waals surface area (Å²) in [5.41, 5.74) is 0. The molecule has 0 saturated heterocycles. The summed E-state index contributed by atoms with van der Waals surface area (Å²) in [6.45, 7) is 0. The normalized spacial score (nSPS) is 6.86. The summed E-state index contributed by atoms with van der Waals surface area (Å²) < 4.78 is 0. The highest BCUT2D eigenvalue weighted by molar-refractivity contribution is 4.99. The van der Waals surface area contributed by atoms with Crippen molar-refractivity contribution in [3.8, 4) is 0 Å². The van der Waals surface area contributed by atoms with Crippen LogP contribution in [0, 0.1) is 0 Å². The zero-order valence-corrected chi connectivity index (χ0v) is 3.96. The van der Waals surface area contributed by atoms with Crippen LogP contribution in [-0.4, -0.2) is 0 Å². The maximum absolute atomic E-state index is 2.00. The van der Waals surface area contributed by atoms with Crippen LogP contribution in [0.2, 0.25) is 0 Å². The summed E-state index contributed by atoms with van der Waals surface area (Å²) in [4.78, 5) is 0. The number of benzene rings is 1. The van der Waals surface area contributed by atoms with Crippen molar-refractivity contribution in [2.75, 3.05) is 0 Å². The lowest BCUT2D eigenvalue weighted by atomic mass is 10.4. The van der Waals surface area contributed by atoms with Crippen molar-refractivity contribution in [2.45, 2.75) is 0 Å². The second kappa shape index (κ2) is 3.37. The minimum atomic E-state index is 0. The Bertz CT molecular complexity index is 76.1. The Morgan fingerprint density at radius 3 is 0.714 bits per heavy atom. The topological polar surface area (TPSA) is 32.0 Å². The van der Waals surface area contributed by atoms with Gasteiger partial charge in [-0.1, -0.05) is 36.4 Å². The van der Waals surface area contributed by atoms with Crippen LogP contribution in [0.3, 0.4) is 0 Å². The molecular weight excluding hydrogens is 86.1 g/mol. The van der Waals surface area contributed by atoms with E-state index in [1.54, 1.807) is 0 Å². The first-order valence-corrected chi connectivity index (χ1v) is 2.00. The van der Waals surface area contributed by atoms with Gasteiger partial charge in [-0.05, 0) is 0 Å². The maximum Gasteiger partial charge on any atom is -0.0623 e. The van der Waals surface area contributed by atoms with Gasteiger partial charge in [-0.2, -0.15) is 6.15 Å². The van der Waals surface area contributed by atoms with Crippen molar-refractivity contribution >= 4 is 0 Å². The zero-order valence-electron chi connectivity index (χ0n) is 3.96. The fourth-order valence-electron chi connectivity index (χ4n) is 0.385. The molecule has 0 aliphatic rings. The van der Waals surface area contributed by atoms with Crippen LogP contribution >= 0.6 is 0 Å². The Balaban J connectivity index is 0.000000360. The highest BCUT2D eigenvalue weighted by atomic mass is 14.0. The molecule has 0 aromatic heterocycles. The van der Waals surface area contributed by atoms with Crippen LogP contribution in [-0.2, 0) is 0 Å². The highest BCUT2D eigenvalue weighted by Gasteiger charge is 1.57. The van der Waals surface area contributed by atoms with Crippen molar-refractivity contribution in [3.05, 3.63) is 36.4 Å². The summed E-state index contributed by atoms with van der Waals surface area (Å²) in [6, 6.07) is 12.0. The first-order chi connectivity index (χ1) is 3.00. The molecule has 0 fully saturated rings. The predicted octanol–water partition coefficient (Wildman–Crippen LogP) is 1.42. The van der Waals surface area contributed by atoms with Gasteiger partial charge in [-0.15, -0.1) is 0 Å². The summed E-state index contributed by atoms with van der Waals surface area (Å²) in [5.74, 6) is 0. The molecule has 0 spiro atoms. The maximum atomic E-state index is 2.00. The van der Waals surface area contributed by atoms with E-state index in [0.29, 0.717) is 0 Å². The molecule has 7 heavy (non-hydrogen) atoms. The summed E-state index contributed by atoms with van der Waals surface area (Å²) in [7, 11) is 0. The Labute approximate surface area is 43.6 Å². The molecule has 0 heterocycles. The van der Waals surface area contributed by atoms with Gasteiger partial charge in [-0.25, -0.2) is 0 Å². The third kappa shape index (κ3) is 1.95. The lowest BCUT2D eigenvalue weighted by Crippen LogP contribution is -1.47. The van der Waals surface area contributed by atoms with Crippen LogP contribution in [0.5, 0.6) is 0 Å². The van der Waals surface area contributed by atoms with Crippen LogP contribution in [0.4, 0.5) is 0 Å². The Kier molecular flexibility index (Phi) is 2.98. The SMILES string of the molecule is [NH].c1ccccc1. The number of rotatable bonds is 0. The van der Waals surface area contributed by atoms with Crippen molar-refractivity contribution < 1.29 is 0 Å². The fourth-order valence-corrected chi connectivity index (χ4v) is 0.385. The molecule has 2 radical (unpaired) electrons. The molecule has 0 aliphatic heterocycles. The molecule has 0 aliphatic carbocycles. The molecule has 0 bridgehead atoms. The summed E-state index contributed by atoms with van der Waals surface area (Å²) >= 11 is 0. The third-order valence-corrected chi connectivity index (χ3v) is 0.667. The second-order valence-corrected chi connectivity index (χ2v) is 1.15. The van der Waals surface area contributed by atoms with E-state index in [1.807, 2.05) is 36.4 Å². The molecule has 1 heteroatoms. The molecule has 0 atom stereocenters. The van der Waals surface area contributed by atoms with Crippen LogP contribution in [0.15, 0.2) is 36.4 Å². The number of hydrogen-bond donors (Lipinski definition) is 0. The first kappa shape index (κ1) is 6.18. The Morgan fingerprint density at radius 2 is 0.571 bits per heavy atom. The molecule has 36 valence electrons. The van der Waals surface area contributed by atoms with E-state index in [1.165, 1.54) is 0 Å². The van der Waals surface area contributed by atoms with E-state index in [0.717, 1.165) is 0 Å². The molecule has 0 saturated carbocycles. The predicted molar refractivity (Wildman–Crippen MR) is 29.5 cm³/mol. The minimum absolute atomic E-state index is 0. The fraction of sp³-hybridized carbons (Fsp3) is 0. The van der Waals surface area contributed by atoms with Crippen molar-refractivity contribution in [1.29, 1.82) is 0 Å². The van der Waals surface area contributed by atoms with Crippen LogP contribution in [0.25, 0.3) is 0 Å². The van der Waals surface area contributed by atoms with Gasteiger partial charge in [0.25, 0.3) is 0 Å². The minimum Gasteiger partial charge on any atom is -0.164 e. The van der Waals surface area contributed by atoms with E-state index in [2.05, 4.69) is 0 Å². The standard InChI is InChI=1S/C6H6.HN/c1-2-4-6-5-3-1;/h1-6H;1H.